The number of ether oxygens (including phenoxy) is 1. The van der Waals surface area contributed by atoms with Crippen molar-refractivity contribution >= 4 is 11.9 Å². The zero-order chi connectivity index (χ0) is 23.1. The smallest absolute Gasteiger partial charge is 0.147 e. The molecule has 0 spiro atoms. The van der Waals surface area contributed by atoms with E-state index < -0.39 is 0 Å². The van der Waals surface area contributed by atoms with Gasteiger partial charge in [0.15, 0.2) is 0 Å². The highest BCUT2D eigenvalue weighted by Crippen LogP contribution is 2.37. The fraction of sp³-hybridized carbons (Fsp3) is 0.333. The molecular formula is C27H28FN5O. The van der Waals surface area contributed by atoms with Gasteiger partial charge in [-0.15, -0.1) is 0 Å². The summed E-state index contributed by atoms with van der Waals surface area (Å²) < 4.78 is 21.9. The summed E-state index contributed by atoms with van der Waals surface area (Å²) in [6.45, 7) is 5.12. The van der Waals surface area contributed by atoms with Gasteiger partial charge >= 0.3 is 0 Å². The zero-order valence-electron chi connectivity index (χ0n) is 19.4. The van der Waals surface area contributed by atoms with Gasteiger partial charge in [0.05, 0.1) is 43.1 Å². The van der Waals surface area contributed by atoms with Crippen LogP contribution in [0.15, 0.2) is 71.1 Å². The molecule has 0 radical (unpaired) electrons. The molecular weight excluding hydrogens is 429 g/mol. The van der Waals surface area contributed by atoms with Gasteiger partial charge in [0, 0.05) is 31.1 Å². The van der Waals surface area contributed by atoms with Crippen LogP contribution in [0.3, 0.4) is 0 Å². The molecule has 0 saturated carbocycles. The van der Waals surface area contributed by atoms with Crippen LogP contribution >= 0.6 is 0 Å². The van der Waals surface area contributed by atoms with Crippen LogP contribution in [0.5, 0.6) is 5.75 Å². The zero-order valence-corrected chi connectivity index (χ0v) is 19.4. The van der Waals surface area contributed by atoms with Crippen molar-refractivity contribution in [3.63, 3.8) is 0 Å². The number of nitrogens with zero attached hydrogens (tertiary/aromatic N) is 5. The van der Waals surface area contributed by atoms with E-state index in [9.17, 15) is 4.39 Å². The van der Waals surface area contributed by atoms with Crippen LogP contribution in [0.25, 0.3) is 11.8 Å². The average Bonchev–Trinajstić information content (AvgIpc) is 3.46. The van der Waals surface area contributed by atoms with E-state index in [1.54, 1.807) is 6.08 Å². The molecule has 0 N–H and O–H groups in total. The van der Waals surface area contributed by atoms with E-state index in [1.807, 2.05) is 42.2 Å². The number of aryl methyl sites for hydroxylation is 1. The van der Waals surface area contributed by atoms with Crippen molar-refractivity contribution in [2.45, 2.75) is 32.6 Å². The van der Waals surface area contributed by atoms with Gasteiger partial charge in [-0.05, 0) is 61.3 Å². The van der Waals surface area contributed by atoms with Crippen molar-refractivity contribution in [2.75, 3.05) is 26.2 Å². The Labute approximate surface area is 199 Å². The number of fused-ring (bicyclic) bond motifs is 2. The average molecular weight is 458 g/mol. The number of allylic oxidation sites excluding steroid dienone is 5. The summed E-state index contributed by atoms with van der Waals surface area (Å²) in [6.07, 6.45) is 16.8. The monoisotopic (exact) mass is 457 g/mol. The van der Waals surface area contributed by atoms with E-state index in [2.05, 4.69) is 33.2 Å². The molecule has 1 fully saturated rings. The van der Waals surface area contributed by atoms with Crippen molar-refractivity contribution < 1.29 is 9.13 Å². The highest BCUT2D eigenvalue weighted by molar-refractivity contribution is 6.03. The van der Waals surface area contributed by atoms with E-state index in [-0.39, 0.29) is 5.83 Å². The molecule has 0 amide bonds. The normalized spacial score (nSPS) is 20.9. The van der Waals surface area contributed by atoms with Crippen molar-refractivity contribution in [3.05, 3.63) is 82.9 Å². The first-order chi connectivity index (χ1) is 16.7. The molecule has 0 atom stereocenters. The molecule has 1 aliphatic carbocycles. The van der Waals surface area contributed by atoms with Gasteiger partial charge in [-0.25, -0.2) is 9.37 Å². The number of piperidine rings is 1. The summed E-state index contributed by atoms with van der Waals surface area (Å²) in [5, 5.41) is 4.52. The molecule has 4 aliphatic rings. The summed E-state index contributed by atoms with van der Waals surface area (Å²) in [5.74, 6) is 1.87. The summed E-state index contributed by atoms with van der Waals surface area (Å²) >= 11 is 0. The summed E-state index contributed by atoms with van der Waals surface area (Å²) in [4.78, 5) is 9.29. The van der Waals surface area contributed by atoms with Crippen LogP contribution in [0, 0.1) is 6.92 Å². The minimum atomic E-state index is -0.109. The van der Waals surface area contributed by atoms with E-state index in [4.69, 9.17) is 9.73 Å². The number of amidine groups is 1. The number of halogens is 1. The predicted octanol–water partition coefficient (Wildman–Crippen LogP) is 4.92. The second-order valence-corrected chi connectivity index (χ2v) is 9.04. The van der Waals surface area contributed by atoms with Crippen LogP contribution < -0.4 is 4.74 Å². The number of benzene rings is 1. The maximum Gasteiger partial charge on any atom is 0.147 e. The molecule has 3 aliphatic heterocycles. The molecule has 0 bridgehead atoms. The first-order valence-corrected chi connectivity index (χ1v) is 12.0. The summed E-state index contributed by atoms with van der Waals surface area (Å²) in [5.41, 5.74) is 6.72. The number of aromatic nitrogens is 2. The van der Waals surface area contributed by atoms with Crippen molar-refractivity contribution in [2.24, 2.45) is 4.99 Å². The lowest BCUT2D eigenvalue weighted by Gasteiger charge is -2.44. The second-order valence-electron chi connectivity index (χ2n) is 9.04. The van der Waals surface area contributed by atoms with Crippen LogP contribution in [-0.4, -0.2) is 51.6 Å². The fourth-order valence-electron chi connectivity index (χ4n) is 5.15. The van der Waals surface area contributed by atoms with E-state index in [0.29, 0.717) is 13.0 Å². The van der Waals surface area contributed by atoms with Crippen molar-refractivity contribution in [1.29, 1.82) is 0 Å². The predicted molar refractivity (Wildman–Crippen MR) is 131 cm³/mol. The lowest BCUT2D eigenvalue weighted by Crippen LogP contribution is -2.52. The van der Waals surface area contributed by atoms with Gasteiger partial charge in [0.2, 0.25) is 0 Å². The molecule has 2 aromatic rings. The fourth-order valence-corrected chi connectivity index (χ4v) is 5.15. The Bertz CT molecular complexity index is 1280. The molecule has 7 heteroatoms. The summed E-state index contributed by atoms with van der Waals surface area (Å²) in [7, 11) is 0. The molecule has 4 heterocycles. The maximum atomic E-state index is 13.8. The number of hydrazine groups is 1. The van der Waals surface area contributed by atoms with Gasteiger partial charge in [-0.3, -0.25) is 15.0 Å². The number of rotatable bonds is 3. The second kappa shape index (κ2) is 8.63. The molecule has 34 heavy (non-hydrogen) atoms. The first-order valence-electron chi connectivity index (χ1n) is 12.0. The highest BCUT2D eigenvalue weighted by Gasteiger charge is 2.30. The van der Waals surface area contributed by atoms with E-state index in [1.165, 1.54) is 16.7 Å². The Hall–Kier alpha value is -3.61. The number of hydrogen-bond donors (Lipinski definition) is 0. The van der Waals surface area contributed by atoms with Crippen LogP contribution in [0.1, 0.15) is 36.1 Å². The topological polar surface area (TPSA) is 45.9 Å². The quantitative estimate of drug-likeness (QED) is 0.656. The number of aliphatic imine (C=N–C) groups is 1. The molecule has 174 valence electrons. The minimum absolute atomic E-state index is 0.109. The van der Waals surface area contributed by atoms with Crippen LogP contribution in [-0.2, 0) is 6.42 Å². The number of imidazole rings is 1. The van der Waals surface area contributed by atoms with Gasteiger partial charge in [0.25, 0.3) is 0 Å². The maximum absolute atomic E-state index is 13.8. The Morgan fingerprint density at radius 1 is 1.12 bits per heavy atom. The van der Waals surface area contributed by atoms with Gasteiger partial charge in [-0.2, -0.15) is 0 Å². The third-order valence-electron chi connectivity index (χ3n) is 6.74. The third kappa shape index (κ3) is 3.75. The molecule has 1 aromatic carbocycles. The Morgan fingerprint density at radius 2 is 2.06 bits per heavy atom. The largest absolute Gasteiger partial charge is 0.491 e. The van der Waals surface area contributed by atoms with Gasteiger partial charge < -0.3 is 9.30 Å². The lowest BCUT2D eigenvalue weighted by atomic mass is 9.96. The summed E-state index contributed by atoms with van der Waals surface area (Å²) in [6, 6.07) is 4.31. The standard InChI is InChI=1S/C27H28FN5O/c1-19-17-31(18-30-19)25-10-7-20(24-11-15-34-26(24)25)16-21-4-3-13-33-27(21)29-12-14-32(33)23-6-2-5-22(28)8-9-23/h2,6-10,16-18H,3-5,11-15H2,1H3. The van der Waals surface area contributed by atoms with E-state index >= 15 is 0 Å². The molecule has 0 unspecified atom stereocenters. The van der Waals surface area contributed by atoms with Gasteiger partial charge in [0.1, 0.15) is 17.4 Å². The van der Waals surface area contributed by atoms with E-state index in [0.717, 1.165) is 67.6 Å². The lowest BCUT2D eigenvalue weighted by molar-refractivity contribution is 0.0776. The molecule has 6 rings (SSSR count). The molecule has 1 saturated heterocycles. The van der Waals surface area contributed by atoms with Gasteiger partial charge in [-0.1, -0.05) is 12.1 Å². The Balaban J connectivity index is 1.34. The van der Waals surface area contributed by atoms with Crippen molar-refractivity contribution in [1.82, 2.24) is 19.6 Å². The van der Waals surface area contributed by atoms with Crippen LogP contribution in [0.2, 0.25) is 0 Å². The highest BCUT2D eigenvalue weighted by atomic mass is 19.1. The van der Waals surface area contributed by atoms with Crippen LogP contribution in [0.4, 0.5) is 4.39 Å². The molecule has 1 aromatic heterocycles. The first kappa shape index (κ1) is 21.0. The number of hydrogen-bond acceptors (Lipinski definition) is 5. The minimum Gasteiger partial charge on any atom is -0.491 e. The third-order valence-corrected chi connectivity index (χ3v) is 6.74. The Kier molecular flexibility index (Phi) is 5.32. The Morgan fingerprint density at radius 3 is 2.94 bits per heavy atom. The molecule has 6 nitrogen and oxygen atoms in total. The van der Waals surface area contributed by atoms with Crippen molar-refractivity contribution in [3.8, 4) is 11.4 Å². The SMILES string of the molecule is Cc1cn(-c2ccc(C=C3CCCN4C3=NCCN4C3=CC=C(F)CC=C3)c3c2OCC3)cn1.